The maximum atomic E-state index is 12.6. The summed E-state index contributed by atoms with van der Waals surface area (Å²) >= 11 is 1.10. The second-order valence-electron chi connectivity index (χ2n) is 6.54. The second-order valence-corrected chi connectivity index (χ2v) is 7.48. The molecule has 2 amide bonds. The number of carbonyl (C=O) groups excluding carboxylic acids is 3. The number of cyclic esters (lactones) is 1. The first-order chi connectivity index (χ1) is 13.2. The number of fused-ring (bicyclic) bond motifs is 1. The number of rotatable bonds is 5. The molecule has 146 valence electrons. The van der Waals surface area contributed by atoms with Crippen LogP contribution in [-0.2, 0) is 10.3 Å². The van der Waals surface area contributed by atoms with Crippen LogP contribution in [0, 0.1) is 10.1 Å². The lowest BCUT2D eigenvalue weighted by atomic mass is 9.92. The molecule has 0 bridgehead atoms. The minimum Gasteiger partial charge on any atom is -0.438 e. The summed E-state index contributed by atoms with van der Waals surface area (Å²) in [6, 6.07) is 4.16. The van der Waals surface area contributed by atoms with Crippen LogP contribution in [-0.4, -0.2) is 29.8 Å². The zero-order chi connectivity index (χ0) is 20.6. The van der Waals surface area contributed by atoms with Gasteiger partial charge in [-0.2, -0.15) is 0 Å². The monoisotopic (exact) mass is 403 g/mol. The normalized spacial score (nSPS) is 14.8. The Hall–Kier alpha value is -3.27. The van der Waals surface area contributed by atoms with E-state index in [1.54, 1.807) is 26.2 Å². The maximum Gasteiger partial charge on any atom is 0.415 e. The van der Waals surface area contributed by atoms with Crippen molar-refractivity contribution in [3.63, 3.8) is 0 Å². The first-order valence-electron chi connectivity index (χ1n) is 8.37. The van der Waals surface area contributed by atoms with Crippen LogP contribution in [0.5, 0.6) is 0 Å². The number of aldehydes is 1. The van der Waals surface area contributed by atoms with Crippen molar-refractivity contribution in [2.45, 2.75) is 26.4 Å². The molecule has 1 aromatic carbocycles. The summed E-state index contributed by atoms with van der Waals surface area (Å²) in [6.45, 7) is 5.32. The number of nitro benzene ring substituents is 1. The van der Waals surface area contributed by atoms with Crippen LogP contribution in [0.2, 0.25) is 0 Å². The molecule has 10 heteroatoms. The van der Waals surface area contributed by atoms with E-state index < -0.39 is 22.5 Å². The number of ether oxygens (including phenoxy) is 1. The Morgan fingerprint density at radius 1 is 1.43 bits per heavy atom. The quantitative estimate of drug-likeness (QED) is 0.459. The van der Waals surface area contributed by atoms with Crippen LogP contribution in [0.4, 0.5) is 21.9 Å². The SMILES string of the molecule is CCN1C(=O)OC(C)(C)c2cc(NC(=O)c3ccsc3C=O)c([N+](=O)[O-])cc21. The molecule has 0 aliphatic carbocycles. The Kier molecular flexibility index (Phi) is 4.90. The van der Waals surface area contributed by atoms with Crippen molar-refractivity contribution < 1.29 is 24.0 Å². The molecule has 1 N–H and O–H groups in total. The third kappa shape index (κ3) is 3.22. The van der Waals surface area contributed by atoms with Gasteiger partial charge in [-0.05, 0) is 38.3 Å². The van der Waals surface area contributed by atoms with Gasteiger partial charge in [0.1, 0.15) is 11.3 Å². The van der Waals surface area contributed by atoms with Gasteiger partial charge in [0, 0.05) is 18.2 Å². The summed E-state index contributed by atoms with van der Waals surface area (Å²) in [5.74, 6) is -0.635. The number of hydrogen-bond donors (Lipinski definition) is 1. The lowest BCUT2D eigenvalue weighted by molar-refractivity contribution is -0.383. The first kappa shape index (κ1) is 19.5. The molecule has 2 heterocycles. The highest BCUT2D eigenvalue weighted by Crippen LogP contribution is 2.43. The van der Waals surface area contributed by atoms with E-state index in [-0.39, 0.29) is 28.4 Å². The third-order valence-electron chi connectivity index (χ3n) is 4.42. The van der Waals surface area contributed by atoms with Crippen molar-refractivity contribution in [1.29, 1.82) is 0 Å². The summed E-state index contributed by atoms with van der Waals surface area (Å²) < 4.78 is 5.43. The lowest BCUT2D eigenvalue weighted by Gasteiger charge is -2.38. The van der Waals surface area contributed by atoms with Gasteiger partial charge in [-0.3, -0.25) is 24.6 Å². The number of amides is 2. The Balaban J connectivity index is 2.12. The van der Waals surface area contributed by atoms with Gasteiger partial charge in [0.25, 0.3) is 11.6 Å². The van der Waals surface area contributed by atoms with Crippen LogP contribution in [0.3, 0.4) is 0 Å². The number of hydrogen-bond acceptors (Lipinski definition) is 7. The molecule has 0 radical (unpaired) electrons. The van der Waals surface area contributed by atoms with Crippen molar-refractivity contribution in [3.8, 4) is 0 Å². The highest BCUT2D eigenvalue weighted by molar-refractivity contribution is 7.12. The van der Waals surface area contributed by atoms with E-state index in [1.165, 1.54) is 23.1 Å². The predicted molar refractivity (Wildman–Crippen MR) is 103 cm³/mol. The number of thiophene rings is 1. The Labute approximate surface area is 164 Å². The molecular formula is C18H17N3O6S. The van der Waals surface area contributed by atoms with Crippen molar-refractivity contribution in [1.82, 2.24) is 0 Å². The van der Waals surface area contributed by atoms with Crippen LogP contribution in [0.25, 0.3) is 0 Å². The predicted octanol–water partition coefficient (Wildman–Crippen LogP) is 3.93. The standard InChI is InChI=1S/C18H17N3O6S/c1-4-20-13-8-14(21(25)26)12(7-11(13)18(2,3)27-17(20)24)19-16(23)10-5-6-28-15(10)9-22/h5-9H,4H2,1-3H3,(H,19,23). The van der Waals surface area contributed by atoms with Crippen molar-refractivity contribution >= 4 is 46.7 Å². The van der Waals surface area contributed by atoms with Gasteiger partial charge in [-0.25, -0.2) is 4.79 Å². The van der Waals surface area contributed by atoms with Gasteiger partial charge < -0.3 is 10.1 Å². The van der Waals surface area contributed by atoms with E-state index in [0.717, 1.165) is 11.3 Å². The minimum atomic E-state index is -1.04. The topological polar surface area (TPSA) is 119 Å². The van der Waals surface area contributed by atoms with Crippen LogP contribution in [0.1, 0.15) is 46.4 Å². The summed E-state index contributed by atoms with van der Waals surface area (Å²) in [5.41, 5.74) is -0.428. The molecule has 1 aliphatic rings. The lowest BCUT2D eigenvalue weighted by Crippen LogP contribution is -2.43. The zero-order valence-electron chi connectivity index (χ0n) is 15.3. The van der Waals surface area contributed by atoms with E-state index in [2.05, 4.69) is 5.32 Å². The maximum absolute atomic E-state index is 12.6. The Morgan fingerprint density at radius 3 is 2.75 bits per heavy atom. The second kappa shape index (κ2) is 7.04. The highest BCUT2D eigenvalue weighted by Gasteiger charge is 2.40. The smallest absolute Gasteiger partial charge is 0.415 e. The molecule has 0 fully saturated rings. The van der Waals surface area contributed by atoms with Crippen LogP contribution >= 0.6 is 11.3 Å². The summed E-state index contributed by atoms with van der Waals surface area (Å²) in [7, 11) is 0. The van der Waals surface area contributed by atoms with Crippen LogP contribution in [0.15, 0.2) is 23.6 Å². The minimum absolute atomic E-state index is 0.0427. The fourth-order valence-electron chi connectivity index (χ4n) is 3.05. The Morgan fingerprint density at radius 2 is 2.14 bits per heavy atom. The van der Waals surface area contributed by atoms with Crippen molar-refractivity contribution in [2.75, 3.05) is 16.8 Å². The van der Waals surface area contributed by atoms with Gasteiger partial charge in [0.2, 0.25) is 0 Å². The largest absolute Gasteiger partial charge is 0.438 e. The van der Waals surface area contributed by atoms with Gasteiger partial charge in [0.15, 0.2) is 6.29 Å². The molecule has 9 nitrogen and oxygen atoms in total. The number of benzene rings is 1. The molecule has 28 heavy (non-hydrogen) atoms. The fourth-order valence-corrected chi connectivity index (χ4v) is 3.74. The van der Waals surface area contributed by atoms with Crippen molar-refractivity contribution in [2.24, 2.45) is 0 Å². The average molecular weight is 403 g/mol. The molecule has 0 unspecified atom stereocenters. The van der Waals surface area contributed by atoms with Gasteiger partial charge in [0.05, 0.1) is 21.1 Å². The van der Waals surface area contributed by atoms with Gasteiger partial charge in [-0.15, -0.1) is 11.3 Å². The molecule has 0 atom stereocenters. The highest BCUT2D eigenvalue weighted by atomic mass is 32.1. The molecule has 0 saturated carbocycles. The first-order valence-corrected chi connectivity index (χ1v) is 9.25. The van der Waals surface area contributed by atoms with E-state index in [0.29, 0.717) is 17.5 Å². The number of carbonyl (C=O) groups is 3. The van der Waals surface area contributed by atoms with Crippen LogP contribution < -0.4 is 10.2 Å². The molecule has 3 rings (SSSR count). The van der Waals surface area contributed by atoms with E-state index >= 15 is 0 Å². The summed E-state index contributed by atoms with van der Waals surface area (Å²) in [4.78, 5) is 48.3. The molecular weight excluding hydrogens is 386 g/mol. The summed E-state index contributed by atoms with van der Waals surface area (Å²) in [6.07, 6.45) is -0.0392. The summed E-state index contributed by atoms with van der Waals surface area (Å²) in [5, 5.41) is 15.7. The van der Waals surface area contributed by atoms with Gasteiger partial charge in [-0.1, -0.05) is 0 Å². The number of nitrogens with one attached hydrogen (secondary N) is 1. The van der Waals surface area contributed by atoms with Crippen molar-refractivity contribution in [3.05, 3.63) is 49.7 Å². The van der Waals surface area contributed by atoms with Gasteiger partial charge >= 0.3 is 6.09 Å². The number of nitro groups is 1. The third-order valence-corrected chi connectivity index (χ3v) is 5.27. The van der Waals surface area contributed by atoms with E-state index in [4.69, 9.17) is 4.74 Å². The molecule has 0 saturated heterocycles. The fraction of sp³-hybridized carbons (Fsp3) is 0.278. The van der Waals surface area contributed by atoms with E-state index in [1.807, 2.05) is 0 Å². The zero-order valence-corrected chi connectivity index (χ0v) is 16.2. The molecule has 0 spiro atoms. The number of nitrogens with zero attached hydrogens (tertiary/aromatic N) is 2. The molecule has 1 aromatic heterocycles. The Bertz CT molecular complexity index is 997. The molecule has 2 aromatic rings. The van der Waals surface area contributed by atoms with E-state index in [9.17, 15) is 24.5 Å². The number of anilines is 2. The average Bonchev–Trinajstić information content (AvgIpc) is 3.10. The molecule has 1 aliphatic heterocycles.